The number of carbonyl (C=O) groups excluding carboxylic acids is 1. The highest BCUT2D eigenvalue weighted by Gasteiger charge is 2.21. The Morgan fingerprint density at radius 3 is 3.09 bits per heavy atom. The molecule has 0 atom stereocenters. The van der Waals surface area contributed by atoms with Gasteiger partial charge in [0, 0.05) is 11.5 Å². The van der Waals surface area contributed by atoms with E-state index in [0.29, 0.717) is 18.6 Å². The number of esters is 1. The Morgan fingerprint density at radius 1 is 1.41 bits per heavy atom. The van der Waals surface area contributed by atoms with Gasteiger partial charge in [-0.2, -0.15) is 0 Å². The molecule has 2 aromatic heterocycles. The SMILES string of the molecule is CCOCCOC(=O)Cn1cnc2sc3c(c2c1=O)CCC3. The second-order valence-corrected chi connectivity index (χ2v) is 6.22. The average molecular weight is 322 g/mol. The lowest BCUT2D eigenvalue weighted by Gasteiger charge is -2.07. The molecule has 0 radical (unpaired) electrons. The van der Waals surface area contributed by atoms with E-state index < -0.39 is 5.97 Å². The summed E-state index contributed by atoms with van der Waals surface area (Å²) in [7, 11) is 0. The summed E-state index contributed by atoms with van der Waals surface area (Å²) in [4.78, 5) is 30.7. The topological polar surface area (TPSA) is 70.4 Å². The zero-order valence-electron chi connectivity index (χ0n) is 12.5. The normalized spacial score (nSPS) is 13.5. The summed E-state index contributed by atoms with van der Waals surface area (Å²) >= 11 is 1.59. The van der Waals surface area contributed by atoms with Crippen molar-refractivity contribution in [1.82, 2.24) is 9.55 Å². The Bertz CT molecular complexity index is 750. The van der Waals surface area contributed by atoms with Crippen molar-refractivity contribution in [3.63, 3.8) is 0 Å². The van der Waals surface area contributed by atoms with Gasteiger partial charge in [-0.3, -0.25) is 14.2 Å². The summed E-state index contributed by atoms with van der Waals surface area (Å²) < 4.78 is 11.5. The monoisotopic (exact) mass is 322 g/mol. The van der Waals surface area contributed by atoms with Crippen LogP contribution in [0.2, 0.25) is 0 Å². The first-order valence-electron chi connectivity index (χ1n) is 7.43. The molecule has 0 spiro atoms. The maximum Gasteiger partial charge on any atom is 0.326 e. The van der Waals surface area contributed by atoms with Crippen molar-refractivity contribution in [2.75, 3.05) is 19.8 Å². The molecule has 0 aliphatic heterocycles. The Hall–Kier alpha value is -1.73. The van der Waals surface area contributed by atoms with Crippen molar-refractivity contribution in [2.24, 2.45) is 0 Å². The zero-order valence-corrected chi connectivity index (χ0v) is 13.3. The van der Waals surface area contributed by atoms with E-state index in [1.807, 2.05) is 6.92 Å². The number of aromatic nitrogens is 2. The summed E-state index contributed by atoms with van der Waals surface area (Å²) in [6.07, 6.45) is 4.47. The Kier molecular flexibility index (Phi) is 4.54. The smallest absolute Gasteiger partial charge is 0.326 e. The highest BCUT2D eigenvalue weighted by atomic mass is 32.1. The number of hydrogen-bond acceptors (Lipinski definition) is 6. The number of hydrogen-bond donors (Lipinski definition) is 0. The van der Waals surface area contributed by atoms with Gasteiger partial charge in [0.15, 0.2) is 0 Å². The first-order chi connectivity index (χ1) is 10.7. The maximum absolute atomic E-state index is 12.6. The molecule has 22 heavy (non-hydrogen) atoms. The van der Waals surface area contributed by atoms with Crippen LogP contribution >= 0.6 is 11.3 Å². The van der Waals surface area contributed by atoms with Gasteiger partial charge in [-0.25, -0.2) is 4.98 Å². The number of fused-ring (bicyclic) bond motifs is 3. The summed E-state index contributed by atoms with van der Waals surface area (Å²) in [5, 5.41) is 0.683. The third-order valence-electron chi connectivity index (χ3n) is 3.69. The van der Waals surface area contributed by atoms with E-state index in [-0.39, 0.29) is 18.7 Å². The molecule has 0 unspecified atom stereocenters. The molecule has 2 heterocycles. The van der Waals surface area contributed by atoms with Crippen LogP contribution < -0.4 is 5.56 Å². The summed E-state index contributed by atoms with van der Waals surface area (Å²) in [5.74, 6) is -0.449. The van der Waals surface area contributed by atoms with E-state index in [0.717, 1.165) is 29.7 Å². The zero-order chi connectivity index (χ0) is 15.5. The lowest BCUT2D eigenvalue weighted by Crippen LogP contribution is -2.26. The van der Waals surface area contributed by atoms with Gasteiger partial charge < -0.3 is 9.47 Å². The Labute approximate surface area is 131 Å². The van der Waals surface area contributed by atoms with E-state index in [2.05, 4.69) is 4.98 Å². The minimum atomic E-state index is -0.449. The van der Waals surface area contributed by atoms with Crippen LogP contribution in [0.1, 0.15) is 23.8 Å². The van der Waals surface area contributed by atoms with E-state index in [1.165, 1.54) is 15.8 Å². The molecule has 0 amide bonds. The van der Waals surface area contributed by atoms with Crippen molar-refractivity contribution in [2.45, 2.75) is 32.7 Å². The molecule has 0 bridgehead atoms. The predicted molar refractivity (Wildman–Crippen MR) is 83.4 cm³/mol. The molecule has 0 N–H and O–H groups in total. The number of nitrogens with zero attached hydrogens (tertiary/aromatic N) is 2. The van der Waals surface area contributed by atoms with Crippen LogP contribution in [0.5, 0.6) is 0 Å². The summed E-state index contributed by atoms with van der Waals surface area (Å²) in [6, 6.07) is 0. The standard InChI is InChI=1S/C15H18N2O4S/c1-2-20-6-7-21-12(18)8-17-9-16-14-13(15(17)19)10-4-3-5-11(10)22-14/h9H,2-8H2,1H3. The van der Waals surface area contributed by atoms with Gasteiger partial charge in [0.25, 0.3) is 5.56 Å². The number of ether oxygens (including phenoxy) is 2. The first kappa shape index (κ1) is 15.2. The number of rotatable bonds is 6. The van der Waals surface area contributed by atoms with E-state index >= 15 is 0 Å². The Balaban J connectivity index is 1.76. The van der Waals surface area contributed by atoms with Crippen LogP contribution in [0.15, 0.2) is 11.1 Å². The molecule has 118 valence electrons. The van der Waals surface area contributed by atoms with Crippen molar-refractivity contribution in [3.8, 4) is 0 Å². The molecule has 7 heteroatoms. The van der Waals surface area contributed by atoms with Gasteiger partial charge in [0.1, 0.15) is 18.0 Å². The maximum atomic E-state index is 12.6. The van der Waals surface area contributed by atoms with E-state index in [4.69, 9.17) is 9.47 Å². The number of thiophene rings is 1. The second kappa shape index (κ2) is 6.58. The molecule has 0 saturated carbocycles. The lowest BCUT2D eigenvalue weighted by atomic mass is 10.2. The minimum Gasteiger partial charge on any atom is -0.462 e. The van der Waals surface area contributed by atoms with Gasteiger partial charge in [-0.05, 0) is 31.7 Å². The van der Waals surface area contributed by atoms with E-state index in [1.54, 1.807) is 11.3 Å². The highest BCUT2D eigenvalue weighted by Crippen LogP contribution is 2.34. The van der Waals surface area contributed by atoms with Crippen molar-refractivity contribution >= 4 is 27.5 Å². The second-order valence-electron chi connectivity index (χ2n) is 5.13. The third kappa shape index (κ3) is 2.91. The molecule has 6 nitrogen and oxygen atoms in total. The Morgan fingerprint density at radius 2 is 2.27 bits per heavy atom. The number of carbonyl (C=O) groups is 1. The lowest BCUT2D eigenvalue weighted by molar-refractivity contribution is -0.145. The van der Waals surface area contributed by atoms with Crippen LogP contribution in [0.4, 0.5) is 0 Å². The van der Waals surface area contributed by atoms with Crippen LogP contribution in [0.25, 0.3) is 10.2 Å². The summed E-state index contributed by atoms with van der Waals surface area (Å²) in [6.45, 7) is 2.92. The van der Waals surface area contributed by atoms with Gasteiger partial charge in [-0.1, -0.05) is 0 Å². The molecule has 0 aromatic carbocycles. The fourth-order valence-corrected chi connectivity index (χ4v) is 3.90. The fourth-order valence-electron chi connectivity index (χ4n) is 2.68. The quantitative estimate of drug-likeness (QED) is 0.596. The number of aryl methyl sites for hydroxylation is 2. The molecule has 1 aliphatic rings. The predicted octanol–water partition coefficient (Wildman–Crippen LogP) is 1.53. The molecular formula is C15H18N2O4S. The molecule has 3 rings (SSSR count). The van der Waals surface area contributed by atoms with Crippen molar-refractivity contribution in [1.29, 1.82) is 0 Å². The average Bonchev–Trinajstić information content (AvgIpc) is 3.07. The fraction of sp³-hybridized carbons (Fsp3) is 0.533. The highest BCUT2D eigenvalue weighted by molar-refractivity contribution is 7.18. The minimum absolute atomic E-state index is 0.113. The van der Waals surface area contributed by atoms with Gasteiger partial charge in [0.2, 0.25) is 0 Å². The molecular weight excluding hydrogens is 304 g/mol. The molecule has 1 aliphatic carbocycles. The van der Waals surface area contributed by atoms with Crippen molar-refractivity contribution < 1.29 is 14.3 Å². The van der Waals surface area contributed by atoms with Crippen LogP contribution in [-0.4, -0.2) is 35.3 Å². The molecule has 2 aromatic rings. The third-order valence-corrected chi connectivity index (χ3v) is 4.89. The van der Waals surface area contributed by atoms with Gasteiger partial charge in [0.05, 0.1) is 18.3 Å². The molecule has 0 saturated heterocycles. The van der Waals surface area contributed by atoms with Gasteiger partial charge in [-0.15, -0.1) is 11.3 Å². The first-order valence-corrected chi connectivity index (χ1v) is 8.25. The van der Waals surface area contributed by atoms with E-state index in [9.17, 15) is 9.59 Å². The van der Waals surface area contributed by atoms with Crippen LogP contribution in [-0.2, 0) is 33.7 Å². The van der Waals surface area contributed by atoms with Crippen LogP contribution in [0.3, 0.4) is 0 Å². The van der Waals surface area contributed by atoms with Crippen molar-refractivity contribution in [3.05, 3.63) is 27.1 Å². The largest absolute Gasteiger partial charge is 0.462 e. The molecule has 0 fully saturated rings. The summed E-state index contributed by atoms with van der Waals surface area (Å²) in [5.41, 5.74) is 0.975. The van der Waals surface area contributed by atoms with Crippen LogP contribution in [0, 0.1) is 0 Å². The van der Waals surface area contributed by atoms with Gasteiger partial charge >= 0.3 is 5.97 Å².